The minimum Gasteiger partial charge on any atom is -0.461 e. The summed E-state index contributed by atoms with van der Waals surface area (Å²) in [5.74, 6) is -0.378. The highest BCUT2D eigenvalue weighted by molar-refractivity contribution is 5.74. The lowest BCUT2D eigenvalue weighted by molar-refractivity contribution is -0.150. The molecule has 0 aliphatic heterocycles. The molecule has 1 atom stereocenters. The Bertz CT molecular complexity index is 139. The van der Waals surface area contributed by atoms with Crippen molar-refractivity contribution in [3.63, 3.8) is 0 Å². The Labute approximate surface area is 66.9 Å². The van der Waals surface area contributed by atoms with Crippen LogP contribution in [0, 0.1) is 0 Å². The van der Waals surface area contributed by atoms with Gasteiger partial charge in [0.2, 0.25) is 0 Å². The molecule has 1 N–H and O–H groups in total. The molecule has 0 unspecified atom stereocenters. The van der Waals surface area contributed by atoms with Crippen LogP contribution in [0.1, 0.15) is 32.6 Å². The third-order valence-corrected chi connectivity index (χ3v) is 1.94. The Balaban J connectivity index is 2.24. The Morgan fingerprint density at radius 3 is 2.55 bits per heavy atom. The van der Waals surface area contributed by atoms with Gasteiger partial charge in [-0.25, -0.2) is 5.73 Å². The summed E-state index contributed by atoms with van der Waals surface area (Å²) >= 11 is 0. The summed E-state index contributed by atoms with van der Waals surface area (Å²) in [6.45, 7) is 1.54. The summed E-state index contributed by atoms with van der Waals surface area (Å²) in [6.07, 6.45) is 4.39. The maximum atomic E-state index is 10.9. The SMILES string of the molecule is C[C@H]([NH])C(=O)OC1CCCC1. The van der Waals surface area contributed by atoms with Gasteiger partial charge in [0, 0.05) is 0 Å². The fraction of sp³-hybridized carbons (Fsp3) is 0.875. The Morgan fingerprint density at radius 1 is 1.55 bits per heavy atom. The van der Waals surface area contributed by atoms with Crippen LogP contribution in [0.15, 0.2) is 0 Å². The fourth-order valence-corrected chi connectivity index (χ4v) is 1.27. The van der Waals surface area contributed by atoms with Crippen molar-refractivity contribution in [3.8, 4) is 0 Å². The van der Waals surface area contributed by atoms with Gasteiger partial charge in [-0.05, 0) is 32.6 Å². The van der Waals surface area contributed by atoms with Crippen LogP contribution in [0.4, 0.5) is 0 Å². The molecule has 11 heavy (non-hydrogen) atoms. The molecule has 1 aliphatic carbocycles. The summed E-state index contributed by atoms with van der Waals surface area (Å²) in [5.41, 5.74) is 7.07. The van der Waals surface area contributed by atoms with Crippen LogP contribution < -0.4 is 5.73 Å². The zero-order valence-corrected chi connectivity index (χ0v) is 6.80. The molecular weight excluding hydrogens is 142 g/mol. The highest BCUT2D eigenvalue weighted by Gasteiger charge is 2.20. The zero-order chi connectivity index (χ0) is 8.27. The van der Waals surface area contributed by atoms with Gasteiger partial charge in [-0.2, -0.15) is 0 Å². The standard InChI is InChI=1S/C8H14NO2/c1-6(9)8(10)11-7-4-2-3-5-7/h6-7,9H,2-5H2,1H3/t6-/m0/s1. The first kappa shape index (κ1) is 8.53. The second kappa shape index (κ2) is 3.72. The van der Waals surface area contributed by atoms with Crippen LogP contribution in [0.3, 0.4) is 0 Å². The van der Waals surface area contributed by atoms with Gasteiger partial charge in [0.05, 0.1) is 0 Å². The minimum absolute atomic E-state index is 0.107. The van der Waals surface area contributed by atoms with Crippen LogP contribution in [0.2, 0.25) is 0 Å². The summed E-state index contributed by atoms with van der Waals surface area (Å²) in [4.78, 5) is 10.9. The van der Waals surface area contributed by atoms with Crippen molar-refractivity contribution < 1.29 is 9.53 Å². The maximum Gasteiger partial charge on any atom is 0.324 e. The number of ether oxygens (including phenoxy) is 1. The molecule has 0 amide bonds. The average molecular weight is 156 g/mol. The third kappa shape index (κ3) is 2.50. The molecular formula is C8H14NO2. The first-order valence-electron chi connectivity index (χ1n) is 4.12. The quantitative estimate of drug-likeness (QED) is 0.563. The van der Waals surface area contributed by atoms with Crippen molar-refractivity contribution in [1.29, 1.82) is 0 Å². The molecule has 3 heteroatoms. The van der Waals surface area contributed by atoms with Gasteiger partial charge in [0.1, 0.15) is 12.1 Å². The predicted octanol–water partition coefficient (Wildman–Crippen LogP) is 1.14. The third-order valence-electron chi connectivity index (χ3n) is 1.94. The van der Waals surface area contributed by atoms with Crippen molar-refractivity contribution in [3.05, 3.63) is 0 Å². The van der Waals surface area contributed by atoms with Crippen LogP contribution in [-0.2, 0) is 9.53 Å². The molecule has 0 aromatic heterocycles. The summed E-state index contributed by atoms with van der Waals surface area (Å²) < 4.78 is 5.05. The molecule has 1 radical (unpaired) electrons. The fourth-order valence-electron chi connectivity index (χ4n) is 1.27. The Morgan fingerprint density at radius 2 is 2.09 bits per heavy atom. The monoisotopic (exact) mass is 156 g/mol. The molecule has 1 fully saturated rings. The van der Waals surface area contributed by atoms with E-state index in [4.69, 9.17) is 10.5 Å². The normalized spacial score (nSPS) is 21.6. The highest BCUT2D eigenvalue weighted by atomic mass is 16.5. The highest BCUT2D eigenvalue weighted by Crippen LogP contribution is 2.21. The predicted molar refractivity (Wildman–Crippen MR) is 40.9 cm³/mol. The molecule has 1 aliphatic rings. The first-order valence-corrected chi connectivity index (χ1v) is 4.12. The van der Waals surface area contributed by atoms with Gasteiger partial charge < -0.3 is 4.74 Å². The molecule has 0 heterocycles. The van der Waals surface area contributed by atoms with E-state index in [0.717, 1.165) is 25.7 Å². The van der Waals surface area contributed by atoms with Gasteiger partial charge in [-0.3, -0.25) is 4.79 Å². The van der Waals surface area contributed by atoms with E-state index >= 15 is 0 Å². The van der Waals surface area contributed by atoms with E-state index in [1.54, 1.807) is 0 Å². The zero-order valence-electron chi connectivity index (χ0n) is 6.80. The summed E-state index contributed by atoms with van der Waals surface area (Å²) in [5, 5.41) is 0. The lowest BCUT2D eigenvalue weighted by Crippen LogP contribution is -2.25. The molecule has 1 saturated carbocycles. The van der Waals surface area contributed by atoms with Gasteiger partial charge >= 0.3 is 5.97 Å². The second-order valence-electron chi connectivity index (χ2n) is 3.07. The molecule has 0 aromatic rings. The first-order chi connectivity index (χ1) is 5.20. The van der Waals surface area contributed by atoms with Crippen molar-refractivity contribution in [2.75, 3.05) is 0 Å². The van der Waals surface area contributed by atoms with E-state index in [2.05, 4.69) is 0 Å². The number of esters is 1. The minimum atomic E-state index is -0.726. The number of hydrogen-bond acceptors (Lipinski definition) is 2. The number of nitrogens with one attached hydrogen (secondary N) is 1. The van der Waals surface area contributed by atoms with E-state index in [0.29, 0.717) is 0 Å². The Kier molecular flexibility index (Phi) is 2.88. The van der Waals surface area contributed by atoms with Gasteiger partial charge in [0.15, 0.2) is 0 Å². The van der Waals surface area contributed by atoms with Gasteiger partial charge in [0.25, 0.3) is 0 Å². The number of hydrogen-bond donors (Lipinski definition) is 0. The molecule has 1 rings (SSSR count). The average Bonchev–Trinajstić information content (AvgIpc) is 2.39. The Hall–Kier alpha value is -0.570. The summed E-state index contributed by atoms with van der Waals surface area (Å²) in [7, 11) is 0. The van der Waals surface area contributed by atoms with Crippen LogP contribution in [-0.4, -0.2) is 18.1 Å². The molecule has 0 spiro atoms. The van der Waals surface area contributed by atoms with Crippen LogP contribution >= 0.6 is 0 Å². The van der Waals surface area contributed by atoms with Crippen LogP contribution in [0.25, 0.3) is 0 Å². The number of carbonyl (C=O) groups excluding carboxylic acids is 1. The van der Waals surface area contributed by atoms with E-state index < -0.39 is 6.04 Å². The molecule has 3 nitrogen and oxygen atoms in total. The molecule has 0 saturated heterocycles. The second-order valence-corrected chi connectivity index (χ2v) is 3.07. The van der Waals surface area contributed by atoms with Gasteiger partial charge in [-0.1, -0.05) is 0 Å². The number of carbonyl (C=O) groups is 1. The van der Waals surface area contributed by atoms with E-state index in [9.17, 15) is 4.79 Å². The van der Waals surface area contributed by atoms with Gasteiger partial charge in [-0.15, -0.1) is 0 Å². The van der Waals surface area contributed by atoms with Crippen molar-refractivity contribution >= 4 is 5.97 Å². The van der Waals surface area contributed by atoms with E-state index in [1.165, 1.54) is 6.92 Å². The molecule has 0 bridgehead atoms. The molecule has 0 aromatic carbocycles. The largest absolute Gasteiger partial charge is 0.461 e. The summed E-state index contributed by atoms with van der Waals surface area (Å²) in [6, 6.07) is -0.726. The topological polar surface area (TPSA) is 50.1 Å². The van der Waals surface area contributed by atoms with Crippen molar-refractivity contribution in [2.45, 2.75) is 44.8 Å². The number of rotatable bonds is 2. The van der Waals surface area contributed by atoms with E-state index in [-0.39, 0.29) is 12.1 Å². The lowest BCUT2D eigenvalue weighted by atomic mass is 10.3. The maximum absolute atomic E-state index is 10.9. The van der Waals surface area contributed by atoms with Crippen molar-refractivity contribution in [1.82, 2.24) is 5.73 Å². The molecule has 63 valence electrons. The van der Waals surface area contributed by atoms with E-state index in [1.807, 2.05) is 0 Å². The van der Waals surface area contributed by atoms with Crippen LogP contribution in [0.5, 0.6) is 0 Å². The van der Waals surface area contributed by atoms with Crippen molar-refractivity contribution in [2.24, 2.45) is 0 Å². The lowest BCUT2D eigenvalue weighted by Gasteiger charge is -2.12. The smallest absolute Gasteiger partial charge is 0.324 e.